The largest absolute Gasteiger partial charge is 0.611 e. The van der Waals surface area contributed by atoms with E-state index in [-0.39, 0.29) is 23.6 Å². The fourth-order valence-corrected chi connectivity index (χ4v) is 4.91. The van der Waals surface area contributed by atoms with Crippen molar-refractivity contribution in [1.29, 1.82) is 0 Å². The van der Waals surface area contributed by atoms with Crippen molar-refractivity contribution in [3.63, 3.8) is 0 Å². The zero-order valence-electron chi connectivity index (χ0n) is 10.6. The number of carbonyl (C=O) groups is 2. The number of rotatable bonds is 6. The van der Waals surface area contributed by atoms with Gasteiger partial charge >= 0.3 is 5.97 Å². The van der Waals surface area contributed by atoms with Crippen LogP contribution in [0.15, 0.2) is 22.6 Å². The molecule has 2 unspecified atom stereocenters. The first-order chi connectivity index (χ1) is 9.10. The summed E-state index contributed by atoms with van der Waals surface area (Å²) in [5, 5.41) is -0.0883. The fraction of sp³-hybridized carbons (Fsp3) is 0.500. The van der Waals surface area contributed by atoms with E-state index in [0.717, 1.165) is 6.42 Å². The first kappa shape index (κ1) is 14.5. The van der Waals surface area contributed by atoms with Gasteiger partial charge in [-0.3, -0.25) is 9.69 Å². The molecule has 5 nitrogen and oxygen atoms in total. The number of esters is 1. The first-order valence-corrected chi connectivity index (χ1v) is 8.19. The van der Waals surface area contributed by atoms with E-state index in [4.69, 9.17) is 4.74 Å². The van der Waals surface area contributed by atoms with Gasteiger partial charge in [0.2, 0.25) is 10.1 Å². The van der Waals surface area contributed by atoms with Crippen LogP contribution < -0.4 is 0 Å². The third-order valence-corrected chi connectivity index (χ3v) is 5.99. The molecule has 2 atom stereocenters. The monoisotopic (exact) mass is 301 g/mol. The maximum absolute atomic E-state index is 12.1. The van der Waals surface area contributed by atoms with E-state index in [1.807, 2.05) is 6.92 Å². The van der Waals surface area contributed by atoms with Gasteiger partial charge in [0.15, 0.2) is 5.70 Å². The highest BCUT2D eigenvalue weighted by atomic mass is 32.3. The Morgan fingerprint density at radius 1 is 1.74 bits per heavy atom. The number of hydrogen-bond donors (Lipinski definition) is 0. The molecule has 7 heteroatoms. The molecule has 0 aliphatic carbocycles. The molecule has 0 aromatic carbocycles. The van der Waals surface area contributed by atoms with E-state index in [9.17, 15) is 14.1 Å². The summed E-state index contributed by atoms with van der Waals surface area (Å²) in [4.78, 5) is 25.0. The second kappa shape index (κ2) is 6.02. The zero-order valence-corrected chi connectivity index (χ0v) is 12.2. The first-order valence-electron chi connectivity index (χ1n) is 5.99. The van der Waals surface area contributed by atoms with Crippen molar-refractivity contribution < 1.29 is 18.9 Å². The molecule has 2 rings (SSSR count). The number of ether oxygens (including phenoxy) is 1. The molecule has 2 heterocycles. The predicted octanol–water partition coefficient (Wildman–Crippen LogP) is 1.35. The van der Waals surface area contributed by atoms with E-state index in [0.29, 0.717) is 16.4 Å². The number of nitrogens with zero attached hydrogens (tertiary/aromatic N) is 1. The minimum absolute atomic E-state index is 0.0768. The van der Waals surface area contributed by atoms with Crippen LogP contribution in [0.4, 0.5) is 0 Å². The van der Waals surface area contributed by atoms with E-state index in [2.05, 4.69) is 6.58 Å². The molecular weight excluding hydrogens is 286 g/mol. The number of amides is 1. The van der Waals surface area contributed by atoms with Gasteiger partial charge in [0.05, 0.1) is 6.42 Å². The smallest absolute Gasteiger partial charge is 0.361 e. The quantitative estimate of drug-likeness (QED) is 0.320. The highest BCUT2D eigenvalue weighted by molar-refractivity contribution is 8.19. The molecule has 0 aromatic rings. The van der Waals surface area contributed by atoms with Crippen LogP contribution in [0.2, 0.25) is 0 Å². The van der Waals surface area contributed by atoms with Crippen molar-refractivity contribution in [1.82, 2.24) is 4.90 Å². The topological polar surface area (TPSA) is 69.7 Å². The van der Waals surface area contributed by atoms with Gasteiger partial charge in [-0.1, -0.05) is 19.6 Å². The van der Waals surface area contributed by atoms with Crippen LogP contribution in [-0.2, 0) is 25.5 Å². The summed E-state index contributed by atoms with van der Waals surface area (Å²) in [6.07, 6.45) is 2.60. The highest BCUT2D eigenvalue weighted by Crippen LogP contribution is 2.48. The van der Waals surface area contributed by atoms with Crippen LogP contribution in [0.1, 0.15) is 19.8 Å². The molecule has 1 fully saturated rings. The summed E-state index contributed by atoms with van der Waals surface area (Å²) in [5.74, 6) is -0.232. The Balaban J connectivity index is 2.23. The number of β-lactam (4-membered cyclic amide) rings is 1. The summed E-state index contributed by atoms with van der Waals surface area (Å²) < 4.78 is 17.6. The second-order valence-corrected chi connectivity index (χ2v) is 7.07. The van der Waals surface area contributed by atoms with E-state index < -0.39 is 17.1 Å². The molecule has 0 bridgehead atoms. The molecule has 1 amide bonds. The van der Waals surface area contributed by atoms with E-state index >= 15 is 0 Å². The van der Waals surface area contributed by atoms with Gasteiger partial charge in [-0.05, 0) is 29.4 Å². The van der Waals surface area contributed by atoms with E-state index in [1.165, 1.54) is 22.7 Å². The molecule has 0 saturated carbocycles. The summed E-state index contributed by atoms with van der Waals surface area (Å²) in [6, 6.07) is 0. The molecule has 0 spiro atoms. The lowest BCUT2D eigenvalue weighted by Crippen LogP contribution is -2.48. The van der Waals surface area contributed by atoms with Crippen molar-refractivity contribution in [2.24, 2.45) is 0 Å². The Morgan fingerprint density at radius 3 is 3.05 bits per heavy atom. The second-order valence-electron chi connectivity index (χ2n) is 4.11. The molecule has 104 valence electrons. The number of fused-ring (bicyclic) bond motifs is 1. The Hall–Kier alpha value is -0.920. The lowest BCUT2D eigenvalue weighted by atomic mass is 10.2. The van der Waals surface area contributed by atoms with Gasteiger partial charge in [-0.15, -0.1) is 0 Å². The fourth-order valence-electron chi connectivity index (χ4n) is 1.85. The Kier molecular flexibility index (Phi) is 4.59. The van der Waals surface area contributed by atoms with Crippen LogP contribution in [0.5, 0.6) is 0 Å². The molecule has 2 aliphatic heterocycles. The van der Waals surface area contributed by atoms with Gasteiger partial charge in [-0.25, -0.2) is 4.79 Å². The summed E-state index contributed by atoms with van der Waals surface area (Å²) in [5.41, 5.74) is 0.167. The molecule has 0 aromatic heterocycles. The molecule has 19 heavy (non-hydrogen) atoms. The van der Waals surface area contributed by atoms with Gasteiger partial charge in [0.25, 0.3) is 0 Å². The number of carbonyl (C=O) groups excluding carboxylic acids is 2. The lowest BCUT2D eigenvalue weighted by Gasteiger charge is -2.33. The van der Waals surface area contributed by atoms with Gasteiger partial charge in [-0.2, -0.15) is 0 Å². The molecule has 0 radical (unpaired) electrons. The summed E-state index contributed by atoms with van der Waals surface area (Å²) in [7, 11) is 0. The van der Waals surface area contributed by atoms with Crippen LogP contribution in [0.3, 0.4) is 0 Å². The Morgan fingerprint density at radius 2 is 2.47 bits per heavy atom. The van der Waals surface area contributed by atoms with Crippen molar-refractivity contribution in [2.75, 3.05) is 12.4 Å². The molecule has 0 N–H and O–H groups in total. The average Bonchev–Trinajstić information content (AvgIpc) is 2.69. The zero-order chi connectivity index (χ0) is 14.0. The summed E-state index contributed by atoms with van der Waals surface area (Å²) in [6.45, 7) is 5.47. The molecular formula is C12H15NO4S2. The van der Waals surface area contributed by atoms with Crippen molar-refractivity contribution in [3.8, 4) is 0 Å². The van der Waals surface area contributed by atoms with Crippen molar-refractivity contribution in [2.45, 2.75) is 25.1 Å². The summed E-state index contributed by atoms with van der Waals surface area (Å²) >= 11 is 0.0942. The maximum Gasteiger partial charge on any atom is 0.361 e. The van der Waals surface area contributed by atoms with Crippen LogP contribution >= 0.6 is 11.8 Å². The van der Waals surface area contributed by atoms with Crippen molar-refractivity contribution >= 4 is 34.8 Å². The van der Waals surface area contributed by atoms with Crippen molar-refractivity contribution in [3.05, 3.63) is 22.6 Å². The van der Waals surface area contributed by atoms with Crippen LogP contribution in [-0.4, -0.2) is 39.1 Å². The molecule has 1 saturated heterocycles. The van der Waals surface area contributed by atoms with Gasteiger partial charge < -0.3 is 9.29 Å². The predicted molar refractivity (Wildman–Crippen MR) is 74.3 cm³/mol. The Labute approximate surface area is 119 Å². The highest BCUT2D eigenvalue weighted by Gasteiger charge is 2.52. The van der Waals surface area contributed by atoms with Gasteiger partial charge in [0, 0.05) is 0 Å². The normalized spacial score (nSPS) is 22.9. The molecule has 2 aliphatic rings. The minimum atomic E-state index is -1.25. The maximum atomic E-state index is 12.1. The standard InChI is InChI=1S/C12H15NO4S2/c1-3-5-17-11(15)10-12(19(16)6-4-2)18-9-7-8(14)13(9)10/h3,9H,1,4-7H2,2H3. The SMILES string of the molecule is C=CCOC(=O)C1=C([S+]([O-])CCC)SC2CC(=O)N12. The minimum Gasteiger partial charge on any atom is -0.611 e. The third-order valence-electron chi connectivity index (χ3n) is 2.71. The average molecular weight is 301 g/mol. The van der Waals surface area contributed by atoms with Gasteiger partial charge in [0.1, 0.15) is 17.7 Å². The third kappa shape index (κ3) is 2.68. The van der Waals surface area contributed by atoms with E-state index in [1.54, 1.807) is 0 Å². The van der Waals surface area contributed by atoms with Crippen LogP contribution in [0, 0.1) is 0 Å². The number of hydrogen-bond acceptors (Lipinski definition) is 5. The number of thioether (sulfide) groups is 1. The van der Waals surface area contributed by atoms with Crippen LogP contribution in [0.25, 0.3) is 0 Å². The Bertz CT molecular complexity index is 449. The lowest BCUT2D eigenvalue weighted by molar-refractivity contribution is -0.148.